The van der Waals surface area contributed by atoms with Crippen LogP contribution in [0.5, 0.6) is 0 Å². The maximum atomic E-state index is 3.41. The van der Waals surface area contributed by atoms with Crippen LogP contribution in [0.1, 0.15) is 20.3 Å². The number of hydrogen-bond acceptors (Lipinski definition) is 2. The molecule has 60 valence electrons. The summed E-state index contributed by atoms with van der Waals surface area (Å²) >= 11 is 2.06. The van der Waals surface area contributed by atoms with Gasteiger partial charge in [-0.3, -0.25) is 0 Å². The normalized spacial score (nSPS) is 33.0. The van der Waals surface area contributed by atoms with Crippen molar-refractivity contribution in [2.45, 2.75) is 20.3 Å². The van der Waals surface area contributed by atoms with Gasteiger partial charge in [-0.1, -0.05) is 13.8 Å². The van der Waals surface area contributed by atoms with Gasteiger partial charge in [-0.25, -0.2) is 0 Å². The Morgan fingerprint density at radius 2 is 2.40 bits per heavy atom. The molecule has 0 aromatic carbocycles. The van der Waals surface area contributed by atoms with Gasteiger partial charge in [0.2, 0.25) is 0 Å². The summed E-state index contributed by atoms with van der Waals surface area (Å²) in [7, 11) is 0. The van der Waals surface area contributed by atoms with Crippen LogP contribution in [0.15, 0.2) is 0 Å². The maximum Gasteiger partial charge on any atom is 0.00135 e. The molecule has 1 unspecified atom stereocenters. The lowest BCUT2D eigenvalue weighted by atomic mass is 9.93. The molecule has 0 amide bonds. The quantitative estimate of drug-likeness (QED) is 0.673. The Hall–Kier alpha value is 0.310. The second-order valence-electron chi connectivity index (χ2n) is 3.37. The van der Waals surface area contributed by atoms with Crippen LogP contribution in [0.25, 0.3) is 0 Å². The highest BCUT2D eigenvalue weighted by molar-refractivity contribution is 7.99. The molecule has 1 atom stereocenters. The summed E-state index contributed by atoms with van der Waals surface area (Å²) in [5, 5.41) is 3.41. The zero-order valence-corrected chi connectivity index (χ0v) is 7.76. The van der Waals surface area contributed by atoms with E-state index in [2.05, 4.69) is 30.9 Å². The fourth-order valence-corrected chi connectivity index (χ4v) is 2.28. The van der Waals surface area contributed by atoms with Crippen molar-refractivity contribution in [3.05, 3.63) is 0 Å². The van der Waals surface area contributed by atoms with Gasteiger partial charge in [0.05, 0.1) is 0 Å². The molecular weight excluding hydrogens is 142 g/mol. The predicted molar refractivity (Wildman–Crippen MR) is 48.6 cm³/mol. The van der Waals surface area contributed by atoms with Gasteiger partial charge in [0.1, 0.15) is 0 Å². The summed E-state index contributed by atoms with van der Waals surface area (Å²) in [4.78, 5) is 0. The molecule has 1 N–H and O–H groups in total. The van der Waals surface area contributed by atoms with E-state index in [4.69, 9.17) is 0 Å². The van der Waals surface area contributed by atoms with E-state index in [1.54, 1.807) is 0 Å². The Kier molecular flexibility index (Phi) is 3.05. The lowest BCUT2D eigenvalue weighted by molar-refractivity contribution is 0.424. The summed E-state index contributed by atoms with van der Waals surface area (Å²) in [5.74, 6) is 2.59. The standard InChI is InChI=1S/C8H17NS/c1-3-10-7-8(2)4-5-9-6-8/h9H,3-7H2,1-2H3. The lowest BCUT2D eigenvalue weighted by Gasteiger charge is -2.21. The van der Waals surface area contributed by atoms with E-state index in [1.807, 2.05) is 0 Å². The first-order valence-corrected chi connectivity index (χ1v) is 5.21. The first-order chi connectivity index (χ1) is 4.77. The van der Waals surface area contributed by atoms with E-state index in [1.165, 1.54) is 31.0 Å². The maximum absolute atomic E-state index is 3.41. The van der Waals surface area contributed by atoms with Gasteiger partial charge < -0.3 is 5.32 Å². The van der Waals surface area contributed by atoms with Crippen molar-refractivity contribution in [2.24, 2.45) is 5.41 Å². The minimum absolute atomic E-state index is 0.598. The lowest BCUT2D eigenvalue weighted by Crippen LogP contribution is -2.22. The third-order valence-electron chi connectivity index (χ3n) is 2.11. The molecule has 0 spiro atoms. The number of nitrogens with one attached hydrogen (secondary N) is 1. The molecule has 0 aliphatic carbocycles. The Morgan fingerprint density at radius 1 is 1.60 bits per heavy atom. The zero-order valence-electron chi connectivity index (χ0n) is 6.94. The second kappa shape index (κ2) is 3.63. The first-order valence-electron chi connectivity index (χ1n) is 4.05. The summed E-state index contributed by atoms with van der Waals surface area (Å²) < 4.78 is 0. The molecule has 1 saturated heterocycles. The summed E-state index contributed by atoms with van der Waals surface area (Å²) in [6, 6.07) is 0. The van der Waals surface area contributed by atoms with Crippen LogP contribution in [0.4, 0.5) is 0 Å². The number of rotatable bonds is 3. The average molecular weight is 159 g/mol. The highest BCUT2D eigenvalue weighted by Crippen LogP contribution is 2.28. The third-order valence-corrected chi connectivity index (χ3v) is 3.42. The topological polar surface area (TPSA) is 12.0 Å². The zero-order chi connectivity index (χ0) is 7.45. The largest absolute Gasteiger partial charge is 0.316 e. The molecule has 2 heteroatoms. The number of thioether (sulfide) groups is 1. The fraction of sp³-hybridized carbons (Fsp3) is 1.00. The van der Waals surface area contributed by atoms with Crippen molar-refractivity contribution < 1.29 is 0 Å². The van der Waals surface area contributed by atoms with Crippen LogP contribution in [0.2, 0.25) is 0 Å². The third kappa shape index (κ3) is 2.17. The first kappa shape index (κ1) is 8.41. The van der Waals surface area contributed by atoms with Crippen molar-refractivity contribution in [1.29, 1.82) is 0 Å². The van der Waals surface area contributed by atoms with E-state index < -0.39 is 0 Å². The van der Waals surface area contributed by atoms with Crippen molar-refractivity contribution in [1.82, 2.24) is 5.32 Å². The number of hydrogen-bond donors (Lipinski definition) is 1. The van der Waals surface area contributed by atoms with Crippen molar-refractivity contribution >= 4 is 11.8 Å². The molecule has 0 bridgehead atoms. The molecule has 0 aromatic rings. The molecule has 1 aliphatic heterocycles. The average Bonchev–Trinajstić information content (AvgIpc) is 2.33. The smallest absolute Gasteiger partial charge is 0.00135 e. The molecule has 1 fully saturated rings. The highest BCUT2D eigenvalue weighted by Gasteiger charge is 2.27. The van der Waals surface area contributed by atoms with Gasteiger partial charge in [0.25, 0.3) is 0 Å². The molecule has 1 rings (SSSR count). The minimum atomic E-state index is 0.598. The minimum Gasteiger partial charge on any atom is -0.316 e. The van der Waals surface area contributed by atoms with E-state index in [9.17, 15) is 0 Å². The molecular formula is C8H17NS. The summed E-state index contributed by atoms with van der Waals surface area (Å²) in [6.07, 6.45) is 1.36. The monoisotopic (exact) mass is 159 g/mol. The van der Waals surface area contributed by atoms with Crippen LogP contribution in [0, 0.1) is 5.41 Å². The van der Waals surface area contributed by atoms with Gasteiger partial charge in [0.15, 0.2) is 0 Å². The van der Waals surface area contributed by atoms with Gasteiger partial charge in [-0.05, 0) is 29.9 Å². The van der Waals surface area contributed by atoms with E-state index >= 15 is 0 Å². The van der Waals surface area contributed by atoms with Gasteiger partial charge in [0, 0.05) is 6.54 Å². The predicted octanol–water partition coefficient (Wildman–Crippen LogP) is 1.74. The van der Waals surface area contributed by atoms with Gasteiger partial charge in [-0.15, -0.1) is 0 Å². The second-order valence-corrected chi connectivity index (χ2v) is 4.65. The van der Waals surface area contributed by atoms with Crippen LogP contribution in [0.3, 0.4) is 0 Å². The molecule has 0 radical (unpaired) electrons. The van der Waals surface area contributed by atoms with Crippen LogP contribution < -0.4 is 5.32 Å². The van der Waals surface area contributed by atoms with Crippen molar-refractivity contribution in [3.8, 4) is 0 Å². The van der Waals surface area contributed by atoms with Crippen LogP contribution in [-0.4, -0.2) is 24.6 Å². The SMILES string of the molecule is CCSCC1(C)CCNC1. The summed E-state index contributed by atoms with van der Waals surface area (Å²) in [6.45, 7) is 7.06. The molecule has 1 aliphatic rings. The van der Waals surface area contributed by atoms with Crippen LogP contribution in [-0.2, 0) is 0 Å². The van der Waals surface area contributed by atoms with E-state index in [0.717, 1.165) is 0 Å². The fourth-order valence-electron chi connectivity index (χ4n) is 1.34. The molecule has 1 heterocycles. The Labute approximate surface area is 68.0 Å². The highest BCUT2D eigenvalue weighted by atomic mass is 32.2. The van der Waals surface area contributed by atoms with Gasteiger partial charge >= 0.3 is 0 Å². The molecule has 10 heavy (non-hydrogen) atoms. The Morgan fingerprint density at radius 3 is 2.90 bits per heavy atom. The molecule has 0 saturated carbocycles. The Balaban J connectivity index is 2.22. The Bertz CT molecular complexity index is 97.4. The van der Waals surface area contributed by atoms with Gasteiger partial charge in [-0.2, -0.15) is 11.8 Å². The van der Waals surface area contributed by atoms with Crippen LogP contribution >= 0.6 is 11.8 Å². The van der Waals surface area contributed by atoms with Crippen molar-refractivity contribution in [3.63, 3.8) is 0 Å². The molecule has 0 aromatic heterocycles. The van der Waals surface area contributed by atoms with Crippen molar-refractivity contribution in [2.75, 3.05) is 24.6 Å². The van der Waals surface area contributed by atoms with E-state index in [-0.39, 0.29) is 0 Å². The van der Waals surface area contributed by atoms with E-state index in [0.29, 0.717) is 5.41 Å². The summed E-state index contributed by atoms with van der Waals surface area (Å²) in [5.41, 5.74) is 0.598. The molecule has 1 nitrogen and oxygen atoms in total.